The summed E-state index contributed by atoms with van der Waals surface area (Å²) in [6, 6.07) is 0. The number of phosphoric ester groups is 1. The molecule has 0 radical (unpaired) electrons. The normalized spacial score (nSPS) is 14.4. The molecular formula is C58H93O11P. The molecule has 0 aliphatic heterocycles. The van der Waals surface area contributed by atoms with E-state index in [0.29, 0.717) is 25.7 Å². The summed E-state index contributed by atoms with van der Waals surface area (Å²) < 4.78 is 39.2. The summed E-state index contributed by atoms with van der Waals surface area (Å²) in [6.07, 6.45) is 62.0. The van der Waals surface area contributed by atoms with Crippen LogP contribution < -0.4 is 0 Å². The van der Waals surface area contributed by atoms with Crippen molar-refractivity contribution in [1.82, 2.24) is 0 Å². The maximum absolute atomic E-state index is 12.8. The third-order valence-electron chi connectivity index (χ3n) is 10.4. The van der Waals surface area contributed by atoms with Crippen molar-refractivity contribution in [2.75, 3.05) is 26.4 Å². The Morgan fingerprint density at radius 2 is 0.743 bits per heavy atom. The van der Waals surface area contributed by atoms with E-state index in [4.69, 9.17) is 23.3 Å². The molecule has 0 amide bonds. The number of rotatable bonds is 47. The van der Waals surface area contributed by atoms with Gasteiger partial charge in [0.1, 0.15) is 12.7 Å². The molecule has 0 saturated heterocycles. The first-order chi connectivity index (χ1) is 34.2. The molecule has 2 N–H and O–H groups in total. The second-order valence-electron chi connectivity index (χ2n) is 16.9. The molecule has 70 heavy (non-hydrogen) atoms. The van der Waals surface area contributed by atoms with Gasteiger partial charge in [-0.25, -0.2) is 4.57 Å². The zero-order valence-corrected chi connectivity index (χ0v) is 44.3. The lowest BCUT2D eigenvalue weighted by Crippen LogP contribution is -2.30. The molecule has 0 heterocycles. The molecule has 396 valence electrons. The van der Waals surface area contributed by atoms with Crippen LogP contribution in [-0.4, -0.2) is 66.5 Å². The highest BCUT2D eigenvalue weighted by molar-refractivity contribution is 7.47. The van der Waals surface area contributed by atoms with Gasteiger partial charge in [-0.1, -0.05) is 206 Å². The van der Waals surface area contributed by atoms with Gasteiger partial charge in [-0.3, -0.25) is 23.4 Å². The van der Waals surface area contributed by atoms with Crippen LogP contribution in [0.4, 0.5) is 0 Å². The topological polar surface area (TPSA) is 155 Å². The Balaban J connectivity index is 4.95. The molecule has 0 aromatic rings. The minimum absolute atomic E-state index is 0.0223. The fourth-order valence-corrected chi connectivity index (χ4v) is 7.24. The van der Waals surface area contributed by atoms with E-state index in [9.17, 15) is 28.9 Å². The van der Waals surface area contributed by atoms with Crippen LogP contribution in [0.2, 0.25) is 0 Å². The smallest absolute Gasteiger partial charge is 0.462 e. The largest absolute Gasteiger partial charge is 0.472 e. The Morgan fingerprint density at radius 3 is 1.14 bits per heavy atom. The molecule has 0 saturated carbocycles. The van der Waals surface area contributed by atoms with Crippen LogP contribution in [0.3, 0.4) is 0 Å². The minimum Gasteiger partial charge on any atom is -0.462 e. The zero-order chi connectivity index (χ0) is 51.3. The molecule has 0 rings (SSSR count). The fourth-order valence-electron chi connectivity index (χ4n) is 6.45. The molecule has 0 aliphatic rings. The van der Waals surface area contributed by atoms with E-state index in [0.717, 1.165) is 77.0 Å². The number of aliphatic hydroxyl groups excluding tert-OH is 1. The first-order valence-corrected chi connectivity index (χ1v) is 27.9. The second-order valence-corrected chi connectivity index (χ2v) is 18.4. The number of phosphoric acid groups is 1. The summed E-state index contributed by atoms with van der Waals surface area (Å²) in [6.45, 7) is 4.20. The van der Waals surface area contributed by atoms with Gasteiger partial charge >= 0.3 is 25.7 Å². The molecule has 12 heteroatoms. The first kappa shape index (κ1) is 65.9. The number of unbranched alkanes of at least 4 members (excludes halogenated alkanes) is 10. The van der Waals surface area contributed by atoms with Crippen molar-refractivity contribution >= 4 is 25.7 Å². The van der Waals surface area contributed by atoms with Crippen LogP contribution in [0, 0.1) is 0 Å². The second kappa shape index (κ2) is 51.2. The van der Waals surface area contributed by atoms with Crippen molar-refractivity contribution in [2.45, 2.75) is 200 Å². The predicted molar refractivity (Wildman–Crippen MR) is 288 cm³/mol. The summed E-state index contributed by atoms with van der Waals surface area (Å²) in [4.78, 5) is 48.2. The van der Waals surface area contributed by atoms with Gasteiger partial charge in [0.25, 0.3) is 0 Å². The van der Waals surface area contributed by atoms with Crippen molar-refractivity contribution in [2.24, 2.45) is 0 Å². The molecular weight excluding hydrogens is 904 g/mol. The SMILES string of the molecule is CC/C=C\C/C=C\C/C=C\C/C=C\C/C=C\C/C=C\CCC(=O)OC(COC(=O)CC/C=C\C/C=C\C/C=C\C/C=C\CC)COP(=O)(O)OCC(CO)OC(=O)CCCCCCCCCCCCC. The van der Waals surface area contributed by atoms with E-state index < -0.39 is 64.4 Å². The van der Waals surface area contributed by atoms with Gasteiger partial charge < -0.3 is 24.2 Å². The van der Waals surface area contributed by atoms with Crippen LogP contribution in [-0.2, 0) is 42.2 Å². The predicted octanol–water partition coefficient (Wildman–Crippen LogP) is 15.2. The molecule has 0 aromatic carbocycles. The summed E-state index contributed by atoms with van der Waals surface area (Å²) >= 11 is 0. The lowest BCUT2D eigenvalue weighted by Gasteiger charge is -2.21. The van der Waals surface area contributed by atoms with E-state index in [-0.39, 0.29) is 19.3 Å². The van der Waals surface area contributed by atoms with E-state index in [1.807, 2.05) is 24.3 Å². The maximum atomic E-state index is 12.8. The van der Waals surface area contributed by atoms with Gasteiger partial charge in [-0.05, 0) is 83.5 Å². The van der Waals surface area contributed by atoms with E-state index in [1.165, 1.54) is 44.9 Å². The monoisotopic (exact) mass is 997 g/mol. The summed E-state index contributed by atoms with van der Waals surface area (Å²) in [5, 5.41) is 9.77. The number of hydrogen-bond donors (Lipinski definition) is 2. The molecule has 3 unspecified atom stereocenters. The number of hydrogen-bond acceptors (Lipinski definition) is 10. The van der Waals surface area contributed by atoms with Crippen molar-refractivity contribution in [1.29, 1.82) is 0 Å². The quantitative estimate of drug-likeness (QED) is 0.0197. The Morgan fingerprint density at radius 1 is 0.414 bits per heavy atom. The van der Waals surface area contributed by atoms with Gasteiger partial charge in [0.05, 0.1) is 19.8 Å². The number of esters is 3. The van der Waals surface area contributed by atoms with Gasteiger partial charge in [-0.2, -0.15) is 0 Å². The highest BCUT2D eigenvalue weighted by Gasteiger charge is 2.28. The maximum Gasteiger partial charge on any atom is 0.472 e. The standard InChI is InChI=1S/C58H93O11P/c1-4-7-10-13-16-19-22-24-25-26-27-28-29-31-34-37-40-43-46-49-58(62)69-55(51-65-56(60)47-44-41-38-35-33-30-23-20-17-14-11-8-5-2)53-67-70(63,64)66-52-54(50-59)68-57(61)48-45-42-39-36-32-21-18-15-12-9-6-3/h7-8,10-11,16-17,19-20,24-25,27-28,30-31,33-34,38,40-41,43,54-55,59H,4-6,9,12-15,18,21-23,26,29,32,35-37,39,42,44-53H2,1-3H3,(H,63,64)/b10-7-,11-8-,19-16-,20-17-,25-24-,28-27-,33-30-,34-31-,41-38-,43-40-. The third kappa shape index (κ3) is 48.9. The van der Waals surface area contributed by atoms with E-state index in [1.54, 1.807) is 0 Å². The molecule has 0 aromatic heterocycles. The summed E-state index contributed by atoms with van der Waals surface area (Å²) in [5.41, 5.74) is 0. The van der Waals surface area contributed by atoms with E-state index >= 15 is 0 Å². The average molecular weight is 997 g/mol. The minimum atomic E-state index is -4.78. The van der Waals surface area contributed by atoms with E-state index in [2.05, 4.69) is 118 Å². The van der Waals surface area contributed by atoms with Crippen molar-refractivity contribution < 1.29 is 52.2 Å². The Labute approximate surface area is 424 Å². The van der Waals surface area contributed by atoms with Gasteiger partial charge in [-0.15, -0.1) is 0 Å². The number of carbonyl (C=O) groups is 3. The summed E-state index contributed by atoms with van der Waals surface area (Å²) in [5.74, 6) is -1.68. The lowest BCUT2D eigenvalue weighted by atomic mass is 10.1. The lowest BCUT2D eigenvalue weighted by molar-refractivity contribution is -0.161. The highest BCUT2D eigenvalue weighted by Crippen LogP contribution is 2.43. The Kier molecular flexibility index (Phi) is 48.2. The summed E-state index contributed by atoms with van der Waals surface area (Å²) in [7, 11) is -4.78. The number of allylic oxidation sites excluding steroid dienone is 20. The van der Waals surface area contributed by atoms with Gasteiger partial charge in [0, 0.05) is 19.3 Å². The average Bonchev–Trinajstić information content (AvgIpc) is 3.35. The fraction of sp³-hybridized carbons (Fsp3) is 0.603. The van der Waals surface area contributed by atoms with Gasteiger partial charge in [0.2, 0.25) is 0 Å². The third-order valence-corrected chi connectivity index (χ3v) is 11.4. The Hall–Kier alpha value is -4.12. The molecule has 0 bridgehead atoms. The molecule has 0 spiro atoms. The van der Waals surface area contributed by atoms with Crippen LogP contribution in [0.5, 0.6) is 0 Å². The molecule has 0 fully saturated rings. The van der Waals surface area contributed by atoms with Crippen LogP contribution in [0.15, 0.2) is 122 Å². The number of ether oxygens (including phenoxy) is 3. The molecule has 0 aliphatic carbocycles. The highest BCUT2D eigenvalue weighted by atomic mass is 31.2. The number of carbonyl (C=O) groups excluding carboxylic acids is 3. The first-order valence-electron chi connectivity index (χ1n) is 26.4. The van der Waals surface area contributed by atoms with Crippen LogP contribution in [0.1, 0.15) is 188 Å². The van der Waals surface area contributed by atoms with Crippen LogP contribution in [0.25, 0.3) is 0 Å². The Bertz CT molecular complexity index is 1630. The van der Waals surface area contributed by atoms with Crippen molar-refractivity contribution in [3.8, 4) is 0 Å². The molecule has 3 atom stereocenters. The van der Waals surface area contributed by atoms with Crippen molar-refractivity contribution in [3.63, 3.8) is 0 Å². The van der Waals surface area contributed by atoms with Crippen molar-refractivity contribution in [3.05, 3.63) is 122 Å². The van der Waals surface area contributed by atoms with Gasteiger partial charge in [0.15, 0.2) is 6.10 Å². The zero-order valence-electron chi connectivity index (χ0n) is 43.4. The number of aliphatic hydroxyl groups is 1. The molecule has 11 nitrogen and oxygen atoms in total. The van der Waals surface area contributed by atoms with Crippen LogP contribution >= 0.6 is 7.82 Å².